The molecule has 0 aromatic rings. The highest BCUT2D eigenvalue weighted by atomic mass is 28.4. The van der Waals surface area contributed by atoms with Crippen LogP contribution in [-0.4, -0.2) is 14.1 Å². The van der Waals surface area contributed by atoms with Gasteiger partial charge in [0.15, 0.2) is 0 Å². The number of allylic oxidation sites excluding steroid dienone is 3. The maximum atomic E-state index is 12.8. The summed E-state index contributed by atoms with van der Waals surface area (Å²) < 4.78 is 6.42. The fraction of sp³-hybridized carbons (Fsp3) is 0.750. The van der Waals surface area contributed by atoms with Crippen LogP contribution >= 0.6 is 0 Å². The Balaban J connectivity index is 2.33. The lowest BCUT2D eigenvalue weighted by atomic mass is 9.66. The minimum Gasteiger partial charge on any atom is -0.547 e. The van der Waals surface area contributed by atoms with Crippen LogP contribution in [0.5, 0.6) is 0 Å². The van der Waals surface area contributed by atoms with Crippen molar-refractivity contribution in [1.29, 1.82) is 0 Å². The van der Waals surface area contributed by atoms with Crippen molar-refractivity contribution in [3.8, 4) is 0 Å². The van der Waals surface area contributed by atoms with E-state index in [9.17, 15) is 4.79 Å². The minimum absolute atomic E-state index is 0.195. The fourth-order valence-electron chi connectivity index (χ4n) is 4.18. The molecule has 130 valence electrons. The van der Waals surface area contributed by atoms with E-state index < -0.39 is 8.32 Å². The number of hydrogen-bond donors (Lipinski definition) is 0. The Labute approximate surface area is 143 Å². The summed E-state index contributed by atoms with van der Waals surface area (Å²) in [6.07, 6.45) is 5.34. The lowest BCUT2D eigenvalue weighted by Crippen LogP contribution is -2.37. The van der Waals surface area contributed by atoms with E-state index in [0.717, 1.165) is 25.7 Å². The molecule has 0 aromatic carbocycles. The Morgan fingerprint density at radius 2 is 1.87 bits per heavy atom. The van der Waals surface area contributed by atoms with Gasteiger partial charge >= 0.3 is 0 Å². The van der Waals surface area contributed by atoms with Crippen LogP contribution in [-0.2, 0) is 9.22 Å². The lowest BCUT2D eigenvalue weighted by Gasteiger charge is -2.40. The number of carbonyl (C=O) groups excluding carboxylic acids is 1. The van der Waals surface area contributed by atoms with Crippen molar-refractivity contribution < 1.29 is 9.22 Å². The van der Waals surface area contributed by atoms with Crippen LogP contribution in [0.25, 0.3) is 0 Å². The molecule has 0 spiro atoms. The summed E-state index contributed by atoms with van der Waals surface area (Å²) in [6.45, 7) is 17.3. The average molecular weight is 335 g/mol. The van der Waals surface area contributed by atoms with Crippen LogP contribution in [0.1, 0.15) is 52.9 Å². The smallest absolute Gasteiger partial charge is 0.241 e. The van der Waals surface area contributed by atoms with Crippen LogP contribution in [0.2, 0.25) is 19.6 Å². The maximum Gasteiger partial charge on any atom is 0.241 e. The van der Waals surface area contributed by atoms with E-state index in [1.807, 2.05) is 0 Å². The van der Waals surface area contributed by atoms with Gasteiger partial charge in [0.1, 0.15) is 5.78 Å². The van der Waals surface area contributed by atoms with Gasteiger partial charge in [0, 0.05) is 18.3 Å². The number of hydrogen-bond acceptors (Lipinski definition) is 2. The Bertz CT molecular complexity index is 512. The van der Waals surface area contributed by atoms with Gasteiger partial charge in [-0.1, -0.05) is 25.5 Å². The highest BCUT2D eigenvalue weighted by Crippen LogP contribution is 2.45. The third kappa shape index (κ3) is 4.37. The first-order valence-electron chi connectivity index (χ1n) is 9.18. The molecule has 2 rings (SSSR count). The Morgan fingerprint density at radius 1 is 1.22 bits per heavy atom. The van der Waals surface area contributed by atoms with Crippen LogP contribution < -0.4 is 0 Å². The number of carbonyl (C=O) groups is 1. The highest BCUT2D eigenvalue weighted by molar-refractivity contribution is 6.70. The van der Waals surface area contributed by atoms with E-state index >= 15 is 0 Å². The summed E-state index contributed by atoms with van der Waals surface area (Å²) in [4.78, 5) is 12.8. The molecule has 0 amide bonds. The molecule has 0 N–H and O–H groups in total. The molecule has 1 saturated carbocycles. The van der Waals surface area contributed by atoms with Gasteiger partial charge in [0.05, 0.1) is 5.76 Å². The van der Waals surface area contributed by atoms with Gasteiger partial charge in [-0.05, 0) is 70.2 Å². The molecule has 0 bridgehead atoms. The molecule has 0 radical (unpaired) electrons. The van der Waals surface area contributed by atoms with E-state index in [2.05, 4.69) is 47.0 Å². The SMILES string of the molecule is C=C(C)[C@H]1CC(O[Si](C)(C)C)=C(C)[C@H]([C@@H]2CCC[C@@H](C)C2=O)C1. The number of ketones is 1. The molecular formula is C20H34O2Si. The molecule has 3 heteroatoms. The Kier molecular flexibility index (Phi) is 5.60. The van der Waals surface area contributed by atoms with Crippen molar-refractivity contribution >= 4 is 14.1 Å². The third-order valence-electron chi connectivity index (χ3n) is 5.58. The molecular weight excluding hydrogens is 300 g/mol. The van der Waals surface area contributed by atoms with Gasteiger partial charge in [-0.3, -0.25) is 4.79 Å². The normalized spacial score (nSPS) is 32.9. The van der Waals surface area contributed by atoms with E-state index in [4.69, 9.17) is 4.43 Å². The molecule has 1 fully saturated rings. The molecule has 0 heterocycles. The quantitative estimate of drug-likeness (QED) is 0.485. The first kappa shape index (κ1) is 18.5. The first-order chi connectivity index (χ1) is 10.6. The van der Waals surface area contributed by atoms with Crippen molar-refractivity contribution in [3.63, 3.8) is 0 Å². The van der Waals surface area contributed by atoms with Gasteiger partial charge in [-0.2, -0.15) is 0 Å². The Morgan fingerprint density at radius 3 is 2.43 bits per heavy atom. The van der Waals surface area contributed by atoms with Gasteiger partial charge in [0.2, 0.25) is 8.32 Å². The fourth-order valence-corrected chi connectivity index (χ4v) is 5.17. The van der Waals surface area contributed by atoms with Gasteiger partial charge in [0.25, 0.3) is 0 Å². The standard InChI is InChI=1S/C20H34O2Si/c1-13(2)16-11-18(17-10-8-9-14(3)20(17)21)15(4)19(12-16)22-23(5,6)7/h14,16-18H,1,8-12H2,2-7H3/t14-,16-,17+,18-/m1/s1. The van der Waals surface area contributed by atoms with Gasteiger partial charge < -0.3 is 4.43 Å². The zero-order valence-corrected chi connectivity index (χ0v) is 16.9. The van der Waals surface area contributed by atoms with Crippen molar-refractivity contribution in [2.75, 3.05) is 0 Å². The lowest BCUT2D eigenvalue weighted by molar-refractivity contribution is -0.130. The second kappa shape index (κ2) is 6.96. The highest BCUT2D eigenvalue weighted by Gasteiger charge is 2.40. The molecule has 2 nitrogen and oxygen atoms in total. The monoisotopic (exact) mass is 334 g/mol. The molecule has 2 aliphatic carbocycles. The first-order valence-corrected chi connectivity index (χ1v) is 12.6. The maximum absolute atomic E-state index is 12.8. The molecule has 0 saturated heterocycles. The minimum atomic E-state index is -1.63. The third-order valence-corrected chi connectivity index (χ3v) is 6.44. The van der Waals surface area contributed by atoms with E-state index in [-0.39, 0.29) is 11.8 Å². The van der Waals surface area contributed by atoms with Gasteiger partial charge in [-0.25, -0.2) is 0 Å². The summed E-state index contributed by atoms with van der Waals surface area (Å²) >= 11 is 0. The average Bonchev–Trinajstić information content (AvgIpc) is 2.43. The number of rotatable bonds is 4. The van der Waals surface area contributed by atoms with Crippen LogP contribution in [0.4, 0.5) is 0 Å². The molecule has 0 unspecified atom stereocenters. The predicted molar refractivity (Wildman–Crippen MR) is 99.7 cm³/mol. The van der Waals surface area contributed by atoms with Crippen molar-refractivity contribution in [1.82, 2.24) is 0 Å². The summed E-state index contributed by atoms with van der Waals surface area (Å²) in [5, 5.41) is 0. The largest absolute Gasteiger partial charge is 0.547 e. The molecule has 0 aromatic heterocycles. The van der Waals surface area contributed by atoms with Crippen LogP contribution in [0, 0.1) is 23.7 Å². The summed E-state index contributed by atoms with van der Waals surface area (Å²) in [7, 11) is -1.63. The number of Topliss-reactive ketones (excluding diaryl/α,β-unsaturated/α-hetero) is 1. The van der Waals surface area contributed by atoms with Crippen molar-refractivity contribution in [3.05, 3.63) is 23.5 Å². The van der Waals surface area contributed by atoms with Gasteiger partial charge in [-0.15, -0.1) is 0 Å². The summed E-state index contributed by atoms with van der Waals surface area (Å²) in [5.41, 5.74) is 2.58. The molecule has 23 heavy (non-hydrogen) atoms. The predicted octanol–water partition coefficient (Wildman–Crippen LogP) is 5.72. The van der Waals surface area contributed by atoms with Crippen LogP contribution in [0.3, 0.4) is 0 Å². The zero-order chi connectivity index (χ0) is 17.4. The Hall–Kier alpha value is -0.833. The molecule has 0 aliphatic heterocycles. The molecule has 4 atom stereocenters. The zero-order valence-electron chi connectivity index (χ0n) is 15.9. The van der Waals surface area contributed by atoms with E-state index in [0.29, 0.717) is 17.6 Å². The second-order valence-electron chi connectivity index (χ2n) is 8.75. The molecule has 2 aliphatic rings. The second-order valence-corrected chi connectivity index (χ2v) is 13.2. The van der Waals surface area contributed by atoms with Crippen LogP contribution in [0.15, 0.2) is 23.5 Å². The topological polar surface area (TPSA) is 26.3 Å². The van der Waals surface area contributed by atoms with Crippen molar-refractivity contribution in [2.24, 2.45) is 23.7 Å². The van der Waals surface area contributed by atoms with Crippen molar-refractivity contribution in [2.45, 2.75) is 72.5 Å². The van der Waals surface area contributed by atoms with E-state index in [1.165, 1.54) is 23.3 Å². The van der Waals surface area contributed by atoms with E-state index in [1.54, 1.807) is 0 Å². The summed E-state index contributed by atoms with van der Waals surface area (Å²) in [6, 6.07) is 0. The summed E-state index contributed by atoms with van der Waals surface area (Å²) in [5.74, 6) is 2.89.